The molecule has 4 aromatic rings. The molecule has 13 heteroatoms. The van der Waals surface area contributed by atoms with E-state index in [0.29, 0.717) is 90.6 Å². The summed E-state index contributed by atoms with van der Waals surface area (Å²) >= 11 is 0. The van der Waals surface area contributed by atoms with Crippen molar-refractivity contribution in [1.29, 1.82) is 0 Å². The maximum absolute atomic E-state index is 14.1. The number of pyridine rings is 1. The van der Waals surface area contributed by atoms with Crippen LogP contribution in [0.1, 0.15) is 46.4 Å². The van der Waals surface area contributed by atoms with E-state index in [1.165, 1.54) is 11.1 Å². The molecule has 1 saturated heterocycles. The largest absolute Gasteiger partial charge is 0.496 e. The van der Waals surface area contributed by atoms with E-state index in [4.69, 9.17) is 9.47 Å². The molecule has 45 heavy (non-hydrogen) atoms. The number of ether oxygens (including phenoxy) is 2. The lowest BCUT2D eigenvalue weighted by Crippen LogP contribution is -2.37. The van der Waals surface area contributed by atoms with Gasteiger partial charge in [-0.25, -0.2) is 22.4 Å². The van der Waals surface area contributed by atoms with Crippen molar-refractivity contribution in [3.8, 4) is 16.9 Å². The maximum atomic E-state index is 14.1. The van der Waals surface area contributed by atoms with Gasteiger partial charge in [0, 0.05) is 53.9 Å². The topological polar surface area (TPSA) is 149 Å². The molecule has 1 aromatic carbocycles. The van der Waals surface area contributed by atoms with Crippen molar-refractivity contribution in [3.63, 3.8) is 0 Å². The normalized spacial score (nSPS) is 16.0. The molecule has 2 N–H and O–H groups in total. The Hall–Kier alpha value is -4.49. The van der Waals surface area contributed by atoms with Crippen molar-refractivity contribution in [1.82, 2.24) is 24.2 Å². The summed E-state index contributed by atoms with van der Waals surface area (Å²) in [6, 6.07) is 5.16. The van der Waals surface area contributed by atoms with Crippen LogP contribution in [-0.4, -0.2) is 71.4 Å². The number of morpholine rings is 1. The highest BCUT2D eigenvalue weighted by Crippen LogP contribution is 2.49. The third-order valence-electron chi connectivity index (χ3n) is 8.58. The molecule has 1 aliphatic heterocycles. The average molecular weight is 633 g/mol. The lowest BCUT2D eigenvalue weighted by molar-refractivity contribution is 0.0952. The van der Waals surface area contributed by atoms with Gasteiger partial charge >= 0.3 is 0 Å². The third kappa shape index (κ3) is 5.50. The number of fused-ring (bicyclic) bond motifs is 1. The van der Waals surface area contributed by atoms with Crippen LogP contribution in [-0.2, 0) is 21.3 Å². The summed E-state index contributed by atoms with van der Waals surface area (Å²) < 4.78 is 39.3. The molecule has 0 unspecified atom stereocenters. The van der Waals surface area contributed by atoms with Gasteiger partial charge in [0.15, 0.2) is 0 Å². The van der Waals surface area contributed by atoms with Gasteiger partial charge in [0.2, 0.25) is 16.0 Å². The molecule has 1 aliphatic carbocycles. The van der Waals surface area contributed by atoms with E-state index in [1.807, 2.05) is 4.90 Å². The van der Waals surface area contributed by atoms with Crippen molar-refractivity contribution < 1.29 is 22.7 Å². The number of amides is 1. The molecule has 1 saturated carbocycles. The van der Waals surface area contributed by atoms with E-state index in [1.54, 1.807) is 56.7 Å². The number of H-pyrrole nitrogens is 1. The molecule has 0 atom stereocenters. The van der Waals surface area contributed by atoms with Crippen molar-refractivity contribution in [2.45, 2.75) is 44.4 Å². The van der Waals surface area contributed by atoms with E-state index in [9.17, 15) is 18.0 Å². The van der Waals surface area contributed by atoms with Gasteiger partial charge in [0.1, 0.15) is 5.75 Å². The number of carbonyl (C=O) groups excluding carboxylic acids is 1. The molecular weight excluding hydrogens is 596 g/mol. The summed E-state index contributed by atoms with van der Waals surface area (Å²) in [7, 11) is -2.37. The van der Waals surface area contributed by atoms with Crippen LogP contribution in [0.5, 0.6) is 5.75 Å². The van der Waals surface area contributed by atoms with Gasteiger partial charge in [0.05, 0.1) is 42.7 Å². The van der Waals surface area contributed by atoms with Crippen LogP contribution in [0.2, 0.25) is 0 Å². The van der Waals surface area contributed by atoms with Gasteiger partial charge < -0.3 is 24.7 Å². The molecule has 236 valence electrons. The SMILES string of the molecule is C=CCC1(S(=O)(=O)n2cc(C)c3c(C(=O)NCc4c(OC)cc(C)[nH]c4=O)cc(-c4cnc(N5CCOCC5)nc4)cc32)CC1. The highest BCUT2D eigenvalue weighted by Gasteiger charge is 2.54. The highest BCUT2D eigenvalue weighted by atomic mass is 32.2. The minimum atomic E-state index is -3.83. The first-order chi connectivity index (χ1) is 21.6. The van der Waals surface area contributed by atoms with E-state index < -0.39 is 20.7 Å². The average Bonchev–Trinajstić information content (AvgIpc) is 3.76. The molecule has 0 radical (unpaired) electrons. The predicted octanol–water partition coefficient (Wildman–Crippen LogP) is 3.47. The molecule has 1 amide bonds. The highest BCUT2D eigenvalue weighted by molar-refractivity contribution is 7.91. The number of aryl methyl sites for hydroxylation is 2. The second-order valence-corrected chi connectivity index (χ2v) is 13.8. The number of aromatic amines is 1. The third-order valence-corrected chi connectivity index (χ3v) is 11.1. The molecule has 6 rings (SSSR count). The van der Waals surface area contributed by atoms with Gasteiger partial charge in [-0.2, -0.15) is 0 Å². The first kappa shape index (κ1) is 30.5. The summed E-state index contributed by atoms with van der Waals surface area (Å²) in [6.45, 7) is 9.76. The molecular formula is C32H36N6O6S. The van der Waals surface area contributed by atoms with Gasteiger partial charge in [-0.15, -0.1) is 6.58 Å². The van der Waals surface area contributed by atoms with Crippen molar-refractivity contribution in [2.75, 3.05) is 38.3 Å². The number of hydrogen-bond acceptors (Lipinski definition) is 9. The van der Waals surface area contributed by atoms with Crippen molar-refractivity contribution in [2.24, 2.45) is 0 Å². The van der Waals surface area contributed by atoms with Gasteiger partial charge in [0.25, 0.3) is 11.5 Å². The van der Waals surface area contributed by atoms with E-state index in [2.05, 4.69) is 26.8 Å². The zero-order chi connectivity index (χ0) is 31.9. The standard InChI is InChI=1S/C32H36N6O6S/c1-5-6-32(7-8-32)45(41,42)38-19-20(2)28-24(29(39)33-18-25-27(43-4)13-21(3)36-30(25)40)14-22(15-26(28)38)23-16-34-31(35-17-23)37-9-11-44-12-10-37/h5,13-17,19H,1,6-12,18H2,2-4H3,(H,33,39)(H,36,40). The summed E-state index contributed by atoms with van der Waals surface area (Å²) in [4.78, 5) is 40.5. The Bertz CT molecular complexity index is 1950. The zero-order valence-electron chi connectivity index (χ0n) is 25.6. The Kier molecular flexibility index (Phi) is 8.00. The minimum Gasteiger partial charge on any atom is -0.496 e. The van der Waals surface area contributed by atoms with Crippen molar-refractivity contribution >= 4 is 32.8 Å². The van der Waals surface area contributed by atoms with Crippen LogP contribution in [0.3, 0.4) is 0 Å². The van der Waals surface area contributed by atoms with Crippen LogP contribution >= 0.6 is 0 Å². The van der Waals surface area contributed by atoms with Crippen LogP contribution < -0.4 is 20.5 Å². The quantitative estimate of drug-likeness (QED) is 0.251. The Morgan fingerprint density at radius 2 is 1.87 bits per heavy atom. The maximum Gasteiger partial charge on any atom is 0.256 e. The molecule has 2 fully saturated rings. The number of carbonyl (C=O) groups is 1. The second kappa shape index (κ2) is 11.8. The van der Waals surface area contributed by atoms with Crippen LogP contribution in [0.25, 0.3) is 22.0 Å². The molecule has 4 heterocycles. The Morgan fingerprint density at radius 3 is 2.51 bits per heavy atom. The number of rotatable bonds is 10. The van der Waals surface area contributed by atoms with E-state index >= 15 is 0 Å². The zero-order valence-corrected chi connectivity index (χ0v) is 26.4. The summed E-state index contributed by atoms with van der Waals surface area (Å²) in [5, 5.41) is 3.36. The summed E-state index contributed by atoms with van der Waals surface area (Å²) in [5.74, 6) is 0.457. The molecule has 0 bridgehead atoms. The number of aromatic nitrogens is 4. The Labute approximate surface area is 261 Å². The number of nitrogens with zero attached hydrogens (tertiary/aromatic N) is 4. The van der Waals surface area contributed by atoms with Gasteiger partial charge in [-0.3, -0.25) is 9.59 Å². The molecule has 0 spiro atoms. The minimum absolute atomic E-state index is 0.0960. The Morgan fingerprint density at radius 1 is 1.16 bits per heavy atom. The van der Waals surface area contributed by atoms with E-state index in [0.717, 1.165) is 0 Å². The molecule has 2 aliphatic rings. The fourth-order valence-corrected chi connectivity index (χ4v) is 8.01. The van der Waals surface area contributed by atoms with Crippen molar-refractivity contribution in [3.05, 3.63) is 82.2 Å². The predicted molar refractivity (Wildman–Crippen MR) is 171 cm³/mol. The number of hydrogen-bond donors (Lipinski definition) is 2. The van der Waals surface area contributed by atoms with Gasteiger partial charge in [-0.1, -0.05) is 6.08 Å². The van der Waals surface area contributed by atoms with Gasteiger partial charge in [-0.05, 0) is 62.4 Å². The lowest BCUT2D eigenvalue weighted by Gasteiger charge is -2.26. The lowest BCUT2D eigenvalue weighted by atomic mass is 9.99. The monoisotopic (exact) mass is 632 g/mol. The fraction of sp³-hybridized carbons (Fsp3) is 0.375. The number of nitrogens with one attached hydrogen (secondary N) is 2. The van der Waals surface area contributed by atoms with E-state index in [-0.39, 0.29) is 23.2 Å². The first-order valence-electron chi connectivity index (χ1n) is 14.8. The first-order valence-corrected chi connectivity index (χ1v) is 16.2. The molecule has 12 nitrogen and oxygen atoms in total. The number of allylic oxidation sites excluding steroid dienone is 1. The van der Waals surface area contributed by atoms with Crippen LogP contribution in [0.15, 0.2) is 54.2 Å². The summed E-state index contributed by atoms with van der Waals surface area (Å²) in [5.41, 5.74) is 3.01. The molecule has 3 aromatic heterocycles. The van der Waals surface area contributed by atoms with Crippen LogP contribution in [0.4, 0.5) is 5.95 Å². The smallest absolute Gasteiger partial charge is 0.256 e. The number of benzene rings is 1. The number of anilines is 1. The fourth-order valence-electron chi connectivity index (χ4n) is 5.94. The second-order valence-electron chi connectivity index (χ2n) is 11.6. The van der Waals surface area contributed by atoms with Crippen LogP contribution in [0, 0.1) is 13.8 Å². The summed E-state index contributed by atoms with van der Waals surface area (Å²) in [6.07, 6.45) is 7.98. The number of methoxy groups -OCH3 is 1. The Balaban J connectivity index is 1.45.